The number of esters is 1. The second-order valence-electron chi connectivity index (χ2n) is 4.07. The number of alkyl halides is 2. The fraction of sp³-hybridized carbons (Fsp3) is 0.900. The number of hydrogen-bond donors (Lipinski definition) is 1. The Bertz CT molecular complexity index is 229. The molecule has 1 rings (SSSR count). The van der Waals surface area contributed by atoms with Crippen LogP contribution in [0.25, 0.3) is 0 Å². The Labute approximate surface area is 88.0 Å². The summed E-state index contributed by atoms with van der Waals surface area (Å²) in [6.07, 6.45) is 0.969. The minimum Gasteiger partial charge on any atom is -0.465 e. The number of carbonyl (C=O) groups is 1. The highest BCUT2D eigenvalue weighted by atomic mass is 19.3. The van der Waals surface area contributed by atoms with Crippen molar-refractivity contribution in [3.63, 3.8) is 0 Å². The largest absolute Gasteiger partial charge is 0.465 e. The van der Waals surface area contributed by atoms with Gasteiger partial charge >= 0.3 is 5.97 Å². The van der Waals surface area contributed by atoms with Gasteiger partial charge in [-0.15, -0.1) is 0 Å². The number of hydrogen-bond acceptors (Lipinski definition) is 3. The smallest absolute Gasteiger partial charge is 0.323 e. The summed E-state index contributed by atoms with van der Waals surface area (Å²) < 4.78 is 31.1. The highest BCUT2D eigenvalue weighted by molar-refractivity contribution is 5.75. The van der Waals surface area contributed by atoms with E-state index in [4.69, 9.17) is 5.73 Å². The predicted octanol–water partition coefficient (Wildman–Crippen LogP) is 1.70. The first-order chi connectivity index (χ1) is 6.94. The summed E-state index contributed by atoms with van der Waals surface area (Å²) in [6, 6.07) is -1.21. The number of rotatable bonds is 6. The van der Waals surface area contributed by atoms with Crippen molar-refractivity contribution in [1.82, 2.24) is 0 Å². The normalized spacial score (nSPS) is 18.7. The third-order valence-electron chi connectivity index (χ3n) is 2.39. The minimum absolute atomic E-state index is 0.120. The first-order valence-electron chi connectivity index (χ1n) is 5.24. The molecule has 2 N–H and O–H groups in total. The van der Waals surface area contributed by atoms with E-state index in [9.17, 15) is 13.6 Å². The van der Waals surface area contributed by atoms with E-state index in [2.05, 4.69) is 4.74 Å². The van der Waals surface area contributed by atoms with Crippen LogP contribution in [0.4, 0.5) is 8.78 Å². The van der Waals surface area contributed by atoms with Crippen LogP contribution in [0.15, 0.2) is 0 Å². The van der Waals surface area contributed by atoms with Gasteiger partial charge < -0.3 is 10.5 Å². The summed E-state index contributed by atoms with van der Waals surface area (Å²) in [5, 5.41) is 0. The molecule has 0 saturated heterocycles. The molecular formula is C10H17F2NO2. The third kappa shape index (κ3) is 4.55. The Morgan fingerprint density at radius 1 is 1.60 bits per heavy atom. The molecule has 0 aromatic rings. The fourth-order valence-electron chi connectivity index (χ4n) is 1.48. The van der Waals surface area contributed by atoms with Gasteiger partial charge in [0.1, 0.15) is 6.04 Å². The third-order valence-corrected chi connectivity index (χ3v) is 2.39. The van der Waals surface area contributed by atoms with Crippen molar-refractivity contribution in [2.45, 2.75) is 44.6 Å². The van der Waals surface area contributed by atoms with Crippen molar-refractivity contribution in [2.24, 2.45) is 11.7 Å². The maximum atomic E-state index is 13.3. The van der Waals surface area contributed by atoms with Crippen molar-refractivity contribution < 1.29 is 18.3 Å². The Kier molecular flexibility index (Phi) is 4.02. The van der Waals surface area contributed by atoms with Crippen molar-refractivity contribution in [1.29, 1.82) is 0 Å². The number of halogens is 2. The molecule has 5 heteroatoms. The molecule has 0 spiro atoms. The number of ether oxygens (including phenoxy) is 1. The molecule has 0 unspecified atom stereocenters. The summed E-state index contributed by atoms with van der Waals surface area (Å²) in [5.74, 6) is -3.46. The lowest BCUT2D eigenvalue weighted by atomic mass is 10.0. The van der Waals surface area contributed by atoms with E-state index in [1.807, 2.05) is 0 Å². The zero-order valence-corrected chi connectivity index (χ0v) is 8.84. The maximum absolute atomic E-state index is 13.3. The minimum atomic E-state index is -2.84. The van der Waals surface area contributed by atoms with Gasteiger partial charge in [-0.2, -0.15) is 0 Å². The van der Waals surface area contributed by atoms with Crippen molar-refractivity contribution in [3.8, 4) is 0 Å². The predicted molar refractivity (Wildman–Crippen MR) is 51.5 cm³/mol. The van der Waals surface area contributed by atoms with Crippen molar-refractivity contribution >= 4 is 5.97 Å². The van der Waals surface area contributed by atoms with E-state index in [0.717, 1.165) is 12.8 Å². The zero-order valence-electron chi connectivity index (χ0n) is 8.84. The molecule has 1 saturated carbocycles. The van der Waals surface area contributed by atoms with Crippen molar-refractivity contribution in [2.75, 3.05) is 6.61 Å². The average Bonchev–Trinajstić information content (AvgIpc) is 2.86. The monoisotopic (exact) mass is 221 g/mol. The second-order valence-corrected chi connectivity index (χ2v) is 4.07. The Morgan fingerprint density at radius 2 is 2.20 bits per heavy atom. The highest BCUT2D eigenvalue weighted by Gasteiger charge is 2.39. The molecule has 3 nitrogen and oxygen atoms in total. The van der Waals surface area contributed by atoms with E-state index in [-0.39, 0.29) is 18.9 Å². The number of nitrogens with two attached hydrogens (primary N) is 1. The van der Waals surface area contributed by atoms with Gasteiger partial charge in [0, 0.05) is 12.8 Å². The van der Waals surface area contributed by atoms with Crippen LogP contribution in [0, 0.1) is 5.92 Å². The lowest BCUT2D eigenvalue weighted by Gasteiger charge is -2.19. The Balaban J connectivity index is 2.33. The maximum Gasteiger partial charge on any atom is 0.323 e. The van der Waals surface area contributed by atoms with Crippen LogP contribution >= 0.6 is 0 Å². The molecule has 15 heavy (non-hydrogen) atoms. The summed E-state index contributed by atoms with van der Waals surface area (Å²) in [7, 11) is 0. The highest BCUT2D eigenvalue weighted by Crippen LogP contribution is 2.40. The van der Waals surface area contributed by atoms with Crippen LogP contribution in [0.3, 0.4) is 0 Å². The molecule has 0 amide bonds. The van der Waals surface area contributed by atoms with Crippen LogP contribution < -0.4 is 5.73 Å². The average molecular weight is 221 g/mol. The molecule has 0 aromatic heterocycles. The standard InChI is InChI=1S/C10H17F2NO2/c1-2-15-9(14)8(13)6-10(11,12)5-7-3-4-7/h7-8H,2-6,13H2,1H3/t8-/m0/s1. The summed E-state index contributed by atoms with van der Waals surface area (Å²) in [5.41, 5.74) is 5.33. The molecule has 0 radical (unpaired) electrons. The summed E-state index contributed by atoms with van der Waals surface area (Å²) >= 11 is 0. The van der Waals surface area contributed by atoms with Gasteiger partial charge in [-0.25, -0.2) is 8.78 Å². The number of carbonyl (C=O) groups excluding carboxylic acids is 1. The first-order valence-corrected chi connectivity index (χ1v) is 5.24. The van der Waals surface area contributed by atoms with Gasteiger partial charge in [-0.1, -0.05) is 0 Å². The lowest BCUT2D eigenvalue weighted by molar-refractivity contribution is -0.147. The van der Waals surface area contributed by atoms with Crippen LogP contribution in [-0.4, -0.2) is 24.5 Å². The quantitative estimate of drug-likeness (QED) is 0.694. The summed E-state index contributed by atoms with van der Waals surface area (Å²) in [6.45, 7) is 1.79. The molecule has 1 fully saturated rings. The SMILES string of the molecule is CCOC(=O)[C@@H](N)CC(F)(F)CC1CC1. The molecule has 0 heterocycles. The lowest BCUT2D eigenvalue weighted by Crippen LogP contribution is -2.38. The van der Waals surface area contributed by atoms with Gasteiger partial charge in [0.15, 0.2) is 0 Å². The van der Waals surface area contributed by atoms with Crippen LogP contribution in [0.5, 0.6) is 0 Å². The fourth-order valence-corrected chi connectivity index (χ4v) is 1.48. The van der Waals surface area contributed by atoms with E-state index in [1.54, 1.807) is 6.92 Å². The summed E-state index contributed by atoms with van der Waals surface area (Å²) in [4.78, 5) is 11.0. The van der Waals surface area contributed by atoms with E-state index < -0.39 is 24.4 Å². The molecule has 88 valence electrons. The molecule has 0 bridgehead atoms. The van der Waals surface area contributed by atoms with Crippen LogP contribution in [-0.2, 0) is 9.53 Å². The zero-order chi connectivity index (χ0) is 11.5. The van der Waals surface area contributed by atoms with Crippen molar-refractivity contribution in [3.05, 3.63) is 0 Å². The topological polar surface area (TPSA) is 52.3 Å². The molecule has 1 aliphatic carbocycles. The Morgan fingerprint density at radius 3 is 2.67 bits per heavy atom. The van der Waals surface area contributed by atoms with E-state index in [1.165, 1.54) is 0 Å². The molecule has 1 aliphatic rings. The second kappa shape index (κ2) is 4.88. The molecule has 1 atom stereocenters. The first kappa shape index (κ1) is 12.4. The van der Waals surface area contributed by atoms with E-state index >= 15 is 0 Å². The molecule has 0 aliphatic heterocycles. The van der Waals surface area contributed by atoms with Gasteiger partial charge in [-0.3, -0.25) is 4.79 Å². The van der Waals surface area contributed by atoms with Gasteiger partial charge in [0.25, 0.3) is 5.92 Å². The molecular weight excluding hydrogens is 204 g/mol. The van der Waals surface area contributed by atoms with E-state index in [0.29, 0.717) is 0 Å². The van der Waals surface area contributed by atoms with Crippen LogP contribution in [0.2, 0.25) is 0 Å². The Hall–Kier alpha value is -0.710. The van der Waals surface area contributed by atoms with Gasteiger partial charge in [-0.05, 0) is 25.7 Å². The van der Waals surface area contributed by atoms with Gasteiger partial charge in [0.2, 0.25) is 0 Å². The van der Waals surface area contributed by atoms with Gasteiger partial charge in [0.05, 0.1) is 6.61 Å². The molecule has 0 aromatic carbocycles. The van der Waals surface area contributed by atoms with Crippen LogP contribution in [0.1, 0.15) is 32.6 Å².